The van der Waals surface area contributed by atoms with Crippen LogP contribution in [-0.2, 0) is 0 Å². The third kappa shape index (κ3) is 1.88. The van der Waals surface area contributed by atoms with Crippen molar-refractivity contribution in [2.75, 3.05) is 0 Å². The lowest BCUT2D eigenvalue weighted by atomic mass is 10.0. The van der Waals surface area contributed by atoms with Gasteiger partial charge in [0.25, 0.3) is 0 Å². The third-order valence-electron chi connectivity index (χ3n) is 1.63. The van der Waals surface area contributed by atoms with Crippen LogP contribution in [0.2, 0.25) is 0 Å². The van der Waals surface area contributed by atoms with Gasteiger partial charge in [0, 0.05) is 5.71 Å². The van der Waals surface area contributed by atoms with E-state index in [1.54, 1.807) is 6.92 Å². The summed E-state index contributed by atoms with van der Waals surface area (Å²) >= 11 is 0. The minimum atomic E-state index is -0.240. The molecule has 0 aliphatic carbocycles. The van der Waals surface area contributed by atoms with Gasteiger partial charge >= 0.3 is 0 Å². The molecule has 0 amide bonds. The number of hydrogen-bond donors (Lipinski definition) is 2. The average Bonchev–Trinajstić information content (AvgIpc) is 2.05. The molecule has 2 heteroatoms. The van der Waals surface area contributed by atoms with Crippen LogP contribution in [0.15, 0.2) is 30.3 Å². The Kier molecular flexibility index (Phi) is 2.39. The molecule has 0 aliphatic heterocycles. The van der Waals surface area contributed by atoms with Gasteiger partial charge in [-0.3, -0.25) is 0 Å². The third-order valence-corrected chi connectivity index (χ3v) is 1.63. The Balaban J connectivity index is 2.85. The van der Waals surface area contributed by atoms with Crippen molar-refractivity contribution in [3.8, 4) is 0 Å². The molecule has 1 aromatic carbocycles. The Morgan fingerprint density at radius 3 is 2.36 bits per heavy atom. The number of rotatable bonds is 2. The first-order chi connectivity index (χ1) is 5.22. The monoisotopic (exact) mass is 148 g/mol. The molecule has 1 unspecified atom stereocenters. The average molecular weight is 148 g/mol. The van der Waals surface area contributed by atoms with Crippen LogP contribution in [0.25, 0.3) is 0 Å². The van der Waals surface area contributed by atoms with E-state index in [0.717, 1.165) is 5.56 Å². The summed E-state index contributed by atoms with van der Waals surface area (Å²) in [6, 6.07) is 9.42. The summed E-state index contributed by atoms with van der Waals surface area (Å²) in [5, 5.41) is 7.31. The van der Waals surface area contributed by atoms with Crippen LogP contribution in [-0.4, -0.2) is 5.71 Å². The SMILES string of the molecule is CC(=N)C(N)c1ccccc1. The van der Waals surface area contributed by atoms with E-state index in [0.29, 0.717) is 5.71 Å². The van der Waals surface area contributed by atoms with Crippen molar-refractivity contribution in [3.05, 3.63) is 35.9 Å². The maximum atomic E-state index is 7.31. The lowest BCUT2D eigenvalue weighted by Gasteiger charge is -2.08. The van der Waals surface area contributed by atoms with Crippen molar-refractivity contribution < 1.29 is 0 Å². The quantitative estimate of drug-likeness (QED) is 0.616. The minimum Gasteiger partial charge on any atom is -0.319 e. The fourth-order valence-electron chi connectivity index (χ4n) is 0.910. The first-order valence-electron chi connectivity index (χ1n) is 3.57. The van der Waals surface area contributed by atoms with Crippen LogP contribution >= 0.6 is 0 Å². The van der Waals surface area contributed by atoms with Gasteiger partial charge in [-0.1, -0.05) is 30.3 Å². The highest BCUT2D eigenvalue weighted by molar-refractivity contribution is 5.85. The van der Waals surface area contributed by atoms with Gasteiger partial charge in [0.05, 0.1) is 6.04 Å². The van der Waals surface area contributed by atoms with Gasteiger partial charge in [0.2, 0.25) is 0 Å². The second kappa shape index (κ2) is 3.30. The smallest absolute Gasteiger partial charge is 0.0676 e. The highest BCUT2D eigenvalue weighted by Crippen LogP contribution is 2.09. The number of nitrogens with two attached hydrogens (primary N) is 1. The Morgan fingerprint density at radius 2 is 1.91 bits per heavy atom. The van der Waals surface area contributed by atoms with Crippen molar-refractivity contribution in [2.45, 2.75) is 13.0 Å². The molecule has 11 heavy (non-hydrogen) atoms. The molecular formula is C9H12N2. The molecule has 0 fully saturated rings. The van der Waals surface area contributed by atoms with E-state index in [4.69, 9.17) is 11.1 Å². The lowest BCUT2D eigenvalue weighted by Crippen LogP contribution is -2.17. The van der Waals surface area contributed by atoms with Crippen molar-refractivity contribution >= 4 is 5.71 Å². The van der Waals surface area contributed by atoms with Crippen LogP contribution in [0, 0.1) is 5.41 Å². The van der Waals surface area contributed by atoms with Crippen molar-refractivity contribution in [1.29, 1.82) is 5.41 Å². The first-order valence-corrected chi connectivity index (χ1v) is 3.57. The number of nitrogens with one attached hydrogen (secondary N) is 1. The topological polar surface area (TPSA) is 49.9 Å². The zero-order valence-electron chi connectivity index (χ0n) is 6.54. The van der Waals surface area contributed by atoms with Gasteiger partial charge in [-0.2, -0.15) is 0 Å². The molecule has 2 nitrogen and oxygen atoms in total. The van der Waals surface area contributed by atoms with E-state index in [1.807, 2.05) is 30.3 Å². The Bertz CT molecular complexity index is 241. The molecule has 0 aromatic heterocycles. The Hall–Kier alpha value is -1.15. The Morgan fingerprint density at radius 1 is 1.36 bits per heavy atom. The van der Waals surface area contributed by atoms with Crippen LogP contribution in [0.4, 0.5) is 0 Å². The van der Waals surface area contributed by atoms with Crippen LogP contribution in [0.3, 0.4) is 0 Å². The lowest BCUT2D eigenvalue weighted by molar-refractivity contribution is 0.945. The van der Waals surface area contributed by atoms with E-state index in [-0.39, 0.29) is 6.04 Å². The molecular weight excluding hydrogens is 136 g/mol. The summed E-state index contributed by atoms with van der Waals surface area (Å²) in [6.45, 7) is 1.72. The maximum Gasteiger partial charge on any atom is 0.0676 e. The standard InChI is InChI=1S/C9H12N2/c1-7(10)9(11)8-5-3-2-4-6-8/h2-6,9-10H,11H2,1H3. The first kappa shape index (κ1) is 7.95. The van der Waals surface area contributed by atoms with Crippen molar-refractivity contribution in [2.24, 2.45) is 5.73 Å². The van der Waals surface area contributed by atoms with E-state index in [1.165, 1.54) is 0 Å². The van der Waals surface area contributed by atoms with E-state index in [2.05, 4.69) is 0 Å². The van der Waals surface area contributed by atoms with Crippen molar-refractivity contribution in [3.63, 3.8) is 0 Å². The highest BCUT2D eigenvalue weighted by atomic mass is 14.7. The Labute approximate surface area is 66.6 Å². The summed E-state index contributed by atoms with van der Waals surface area (Å²) in [5.41, 5.74) is 7.21. The predicted octanol–water partition coefficient (Wildman–Crippen LogP) is 1.73. The largest absolute Gasteiger partial charge is 0.319 e. The number of benzene rings is 1. The minimum absolute atomic E-state index is 0.240. The molecule has 58 valence electrons. The van der Waals surface area contributed by atoms with Gasteiger partial charge in [-0.25, -0.2) is 0 Å². The summed E-state index contributed by atoms with van der Waals surface area (Å²) in [5.74, 6) is 0. The van der Waals surface area contributed by atoms with E-state index < -0.39 is 0 Å². The highest BCUT2D eigenvalue weighted by Gasteiger charge is 2.05. The van der Waals surface area contributed by atoms with Gasteiger partial charge in [-0.05, 0) is 12.5 Å². The molecule has 1 atom stereocenters. The molecule has 0 saturated carbocycles. The summed E-state index contributed by atoms with van der Waals surface area (Å²) in [4.78, 5) is 0. The van der Waals surface area contributed by atoms with E-state index in [9.17, 15) is 0 Å². The van der Waals surface area contributed by atoms with E-state index >= 15 is 0 Å². The summed E-state index contributed by atoms with van der Waals surface area (Å²) in [7, 11) is 0. The van der Waals surface area contributed by atoms with Gasteiger partial charge < -0.3 is 11.1 Å². The van der Waals surface area contributed by atoms with Crippen LogP contribution in [0.1, 0.15) is 18.5 Å². The fraction of sp³-hybridized carbons (Fsp3) is 0.222. The van der Waals surface area contributed by atoms with Crippen LogP contribution < -0.4 is 5.73 Å². The second-order valence-electron chi connectivity index (χ2n) is 2.57. The molecule has 0 radical (unpaired) electrons. The summed E-state index contributed by atoms with van der Waals surface area (Å²) < 4.78 is 0. The molecule has 3 N–H and O–H groups in total. The number of hydrogen-bond acceptors (Lipinski definition) is 2. The molecule has 0 saturated heterocycles. The van der Waals surface area contributed by atoms with Gasteiger partial charge in [-0.15, -0.1) is 0 Å². The van der Waals surface area contributed by atoms with Gasteiger partial charge in [0.15, 0.2) is 0 Å². The van der Waals surface area contributed by atoms with Crippen LogP contribution in [0.5, 0.6) is 0 Å². The molecule has 0 spiro atoms. The van der Waals surface area contributed by atoms with Gasteiger partial charge in [0.1, 0.15) is 0 Å². The maximum absolute atomic E-state index is 7.31. The molecule has 0 aliphatic rings. The fourth-order valence-corrected chi connectivity index (χ4v) is 0.910. The normalized spacial score (nSPS) is 12.5. The second-order valence-corrected chi connectivity index (χ2v) is 2.57. The molecule has 0 bridgehead atoms. The van der Waals surface area contributed by atoms with Crippen molar-refractivity contribution in [1.82, 2.24) is 0 Å². The molecule has 1 aromatic rings. The molecule has 0 heterocycles. The summed E-state index contributed by atoms with van der Waals surface area (Å²) in [6.07, 6.45) is 0. The molecule has 1 rings (SSSR count). The predicted molar refractivity (Wildman–Crippen MR) is 46.8 cm³/mol. The zero-order chi connectivity index (χ0) is 8.27. The zero-order valence-corrected chi connectivity index (χ0v) is 6.54.